The number of nitro benzene ring substituents is 1. The predicted molar refractivity (Wildman–Crippen MR) is 86.1 cm³/mol. The standard InChI is InChI=1S/C16H12ClNO6/c1-9(19)10-4-6-14(15(8-10)23-2)24-16(20)11-3-5-12(17)13(7-11)18(21)22/h3-8H,1-2H3. The van der Waals surface area contributed by atoms with Crippen molar-refractivity contribution in [2.75, 3.05) is 7.11 Å². The molecule has 0 fully saturated rings. The average Bonchev–Trinajstić information content (AvgIpc) is 2.54. The van der Waals surface area contributed by atoms with Crippen molar-refractivity contribution < 1.29 is 24.0 Å². The van der Waals surface area contributed by atoms with Crippen LogP contribution in [-0.2, 0) is 0 Å². The first kappa shape index (κ1) is 17.4. The van der Waals surface area contributed by atoms with Gasteiger partial charge in [-0.1, -0.05) is 11.6 Å². The number of nitro groups is 1. The summed E-state index contributed by atoms with van der Waals surface area (Å²) in [6, 6.07) is 7.92. The second-order valence-corrected chi connectivity index (χ2v) is 5.14. The summed E-state index contributed by atoms with van der Waals surface area (Å²) >= 11 is 5.71. The first-order valence-corrected chi connectivity index (χ1v) is 7.06. The average molecular weight is 350 g/mol. The highest BCUT2D eigenvalue weighted by Crippen LogP contribution is 2.30. The number of hydrogen-bond acceptors (Lipinski definition) is 6. The fourth-order valence-electron chi connectivity index (χ4n) is 1.91. The lowest BCUT2D eigenvalue weighted by Gasteiger charge is -2.10. The molecule has 0 aliphatic rings. The number of ether oxygens (including phenoxy) is 2. The first-order valence-electron chi connectivity index (χ1n) is 6.68. The fraction of sp³-hybridized carbons (Fsp3) is 0.125. The molecule has 0 unspecified atom stereocenters. The topological polar surface area (TPSA) is 95.7 Å². The predicted octanol–water partition coefficient (Wildman–Crippen LogP) is 3.68. The Balaban J connectivity index is 2.31. The van der Waals surface area contributed by atoms with Crippen molar-refractivity contribution in [3.8, 4) is 11.5 Å². The molecule has 0 amide bonds. The lowest BCUT2D eigenvalue weighted by molar-refractivity contribution is -0.384. The van der Waals surface area contributed by atoms with Crippen molar-refractivity contribution in [3.63, 3.8) is 0 Å². The van der Waals surface area contributed by atoms with E-state index in [1.165, 1.54) is 44.4 Å². The Morgan fingerprint density at radius 1 is 1.08 bits per heavy atom. The van der Waals surface area contributed by atoms with Gasteiger partial charge in [-0.05, 0) is 37.3 Å². The quantitative estimate of drug-likeness (QED) is 0.268. The van der Waals surface area contributed by atoms with Gasteiger partial charge in [0.05, 0.1) is 17.6 Å². The molecular formula is C16H12ClNO6. The molecule has 0 saturated heterocycles. The summed E-state index contributed by atoms with van der Waals surface area (Å²) in [7, 11) is 1.36. The van der Waals surface area contributed by atoms with Crippen LogP contribution in [0.1, 0.15) is 27.6 Å². The summed E-state index contributed by atoms with van der Waals surface area (Å²) < 4.78 is 10.3. The molecule has 0 aromatic heterocycles. The van der Waals surface area contributed by atoms with Crippen molar-refractivity contribution >= 4 is 29.0 Å². The molecule has 7 nitrogen and oxygen atoms in total. The number of halogens is 1. The lowest BCUT2D eigenvalue weighted by atomic mass is 10.1. The summed E-state index contributed by atoms with van der Waals surface area (Å²) in [6.07, 6.45) is 0. The van der Waals surface area contributed by atoms with Gasteiger partial charge in [0.15, 0.2) is 17.3 Å². The molecule has 24 heavy (non-hydrogen) atoms. The van der Waals surface area contributed by atoms with Gasteiger partial charge in [0.25, 0.3) is 5.69 Å². The SMILES string of the molecule is COc1cc(C(C)=O)ccc1OC(=O)c1ccc(Cl)c([N+](=O)[O-])c1. The maximum absolute atomic E-state index is 12.2. The van der Waals surface area contributed by atoms with Gasteiger partial charge in [0, 0.05) is 11.6 Å². The van der Waals surface area contributed by atoms with Crippen LogP contribution >= 0.6 is 11.6 Å². The molecule has 0 spiro atoms. The highest BCUT2D eigenvalue weighted by molar-refractivity contribution is 6.32. The van der Waals surface area contributed by atoms with Crippen LogP contribution in [0.3, 0.4) is 0 Å². The molecule has 0 bridgehead atoms. The minimum atomic E-state index is -0.816. The number of methoxy groups -OCH3 is 1. The van der Waals surface area contributed by atoms with E-state index in [-0.39, 0.29) is 27.9 Å². The van der Waals surface area contributed by atoms with Crippen LogP contribution in [-0.4, -0.2) is 23.8 Å². The number of Topliss-reactive ketones (excluding diaryl/α,β-unsaturated/α-hetero) is 1. The number of nitrogens with zero attached hydrogens (tertiary/aromatic N) is 1. The maximum Gasteiger partial charge on any atom is 0.343 e. The molecule has 124 valence electrons. The smallest absolute Gasteiger partial charge is 0.343 e. The molecule has 0 aliphatic heterocycles. The van der Waals surface area contributed by atoms with Crippen molar-refractivity contribution in [1.82, 2.24) is 0 Å². The monoisotopic (exact) mass is 349 g/mol. The fourth-order valence-corrected chi connectivity index (χ4v) is 2.10. The highest BCUT2D eigenvalue weighted by Gasteiger charge is 2.19. The van der Waals surface area contributed by atoms with E-state index >= 15 is 0 Å². The largest absolute Gasteiger partial charge is 0.493 e. The van der Waals surface area contributed by atoms with E-state index in [0.29, 0.717) is 5.56 Å². The van der Waals surface area contributed by atoms with Crippen molar-refractivity contribution in [3.05, 3.63) is 62.7 Å². The maximum atomic E-state index is 12.2. The number of esters is 1. The van der Waals surface area contributed by atoms with Crippen LogP contribution in [0.2, 0.25) is 5.02 Å². The lowest BCUT2D eigenvalue weighted by Crippen LogP contribution is -2.10. The molecule has 2 aromatic rings. The molecule has 8 heteroatoms. The molecule has 0 aliphatic carbocycles. The van der Waals surface area contributed by atoms with E-state index in [1.807, 2.05) is 0 Å². The minimum absolute atomic E-state index is 0.0382. The Morgan fingerprint density at radius 2 is 1.75 bits per heavy atom. The highest BCUT2D eigenvalue weighted by atomic mass is 35.5. The Bertz CT molecular complexity index is 833. The first-order chi connectivity index (χ1) is 11.3. The van der Waals surface area contributed by atoms with Crippen LogP contribution in [0.25, 0.3) is 0 Å². The third-order valence-corrected chi connectivity index (χ3v) is 3.47. The van der Waals surface area contributed by atoms with Crippen LogP contribution in [0, 0.1) is 10.1 Å². The minimum Gasteiger partial charge on any atom is -0.493 e. The Morgan fingerprint density at radius 3 is 2.33 bits per heavy atom. The number of carbonyl (C=O) groups excluding carboxylic acids is 2. The Labute approximate surface area is 141 Å². The second-order valence-electron chi connectivity index (χ2n) is 4.73. The van der Waals surface area contributed by atoms with E-state index in [0.717, 1.165) is 6.07 Å². The van der Waals surface area contributed by atoms with Crippen molar-refractivity contribution in [2.24, 2.45) is 0 Å². The molecular weight excluding hydrogens is 338 g/mol. The van der Waals surface area contributed by atoms with Gasteiger partial charge < -0.3 is 9.47 Å². The van der Waals surface area contributed by atoms with Gasteiger partial charge >= 0.3 is 5.97 Å². The normalized spacial score (nSPS) is 10.1. The third-order valence-electron chi connectivity index (χ3n) is 3.15. The van der Waals surface area contributed by atoms with Crippen molar-refractivity contribution in [1.29, 1.82) is 0 Å². The zero-order valence-electron chi connectivity index (χ0n) is 12.7. The zero-order chi connectivity index (χ0) is 17.9. The van der Waals surface area contributed by atoms with Crippen LogP contribution in [0.15, 0.2) is 36.4 Å². The van der Waals surface area contributed by atoms with Crippen LogP contribution in [0.5, 0.6) is 11.5 Å². The molecule has 0 radical (unpaired) electrons. The van der Waals surface area contributed by atoms with Crippen LogP contribution < -0.4 is 9.47 Å². The van der Waals surface area contributed by atoms with Crippen molar-refractivity contribution in [2.45, 2.75) is 6.92 Å². The van der Waals surface area contributed by atoms with Crippen LogP contribution in [0.4, 0.5) is 5.69 Å². The number of carbonyl (C=O) groups is 2. The molecule has 0 atom stereocenters. The third kappa shape index (κ3) is 3.69. The summed E-state index contributed by atoms with van der Waals surface area (Å²) in [5, 5.41) is 10.8. The molecule has 0 heterocycles. The molecule has 2 rings (SSSR count). The molecule has 2 aromatic carbocycles. The van der Waals surface area contributed by atoms with Gasteiger partial charge in [-0.3, -0.25) is 14.9 Å². The zero-order valence-corrected chi connectivity index (χ0v) is 13.5. The Kier molecular flexibility index (Phi) is 5.15. The summed E-state index contributed by atoms with van der Waals surface area (Å²) in [5.41, 5.74) is -0.0393. The van der Waals surface area contributed by atoms with E-state index in [9.17, 15) is 19.7 Å². The van der Waals surface area contributed by atoms with E-state index < -0.39 is 16.6 Å². The van der Waals surface area contributed by atoms with E-state index in [2.05, 4.69) is 0 Å². The van der Waals surface area contributed by atoms with E-state index in [1.54, 1.807) is 0 Å². The van der Waals surface area contributed by atoms with Gasteiger partial charge in [-0.2, -0.15) is 0 Å². The summed E-state index contributed by atoms with van der Waals surface area (Å²) in [5.74, 6) is -0.701. The summed E-state index contributed by atoms with van der Waals surface area (Å²) in [6.45, 7) is 1.40. The van der Waals surface area contributed by atoms with Gasteiger partial charge in [-0.25, -0.2) is 4.79 Å². The van der Waals surface area contributed by atoms with Gasteiger partial charge in [0.1, 0.15) is 5.02 Å². The molecule has 0 saturated carbocycles. The van der Waals surface area contributed by atoms with Gasteiger partial charge in [0.2, 0.25) is 0 Å². The number of benzene rings is 2. The second kappa shape index (κ2) is 7.10. The number of ketones is 1. The number of rotatable bonds is 5. The Hall–Kier alpha value is -2.93. The summed E-state index contributed by atoms with van der Waals surface area (Å²) in [4.78, 5) is 33.7. The van der Waals surface area contributed by atoms with E-state index in [4.69, 9.17) is 21.1 Å². The molecule has 0 N–H and O–H groups in total. The number of hydrogen-bond donors (Lipinski definition) is 0. The van der Waals surface area contributed by atoms with Gasteiger partial charge in [-0.15, -0.1) is 0 Å².